The quantitative estimate of drug-likeness (QED) is 0.230. The maximum Gasteiger partial charge on any atom is 0.245 e. The van der Waals surface area contributed by atoms with Gasteiger partial charge in [0.1, 0.15) is 17.6 Å². The molecule has 0 aliphatic rings. The molecule has 0 spiro atoms. The van der Waals surface area contributed by atoms with Crippen molar-refractivity contribution in [1.82, 2.24) is 14.9 Å². The van der Waals surface area contributed by atoms with E-state index in [1.165, 1.54) is 19.1 Å². The molecule has 2 aromatic carbocycles. The molecule has 0 bridgehead atoms. The highest BCUT2D eigenvalue weighted by Crippen LogP contribution is 2.19. The van der Waals surface area contributed by atoms with E-state index in [9.17, 15) is 23.1 Å². The van der Waals surface area contributed by atoms with Crippen LogP contribution in [0, 0.1) is 5.41 Å². The molecule has 0 radical (unpaired) electrons. The molecule has 11 heteroatoms. The maximum atomic E-state index is 12.7. The van der Waals surface area contributed by atoms with Gasteiger partial charge in [-0.1, -0.05) is 36.4 Å². The topological polar surface area (TPSA) is 166 Å². The molecule has 0 aliphatic heterocycles. The highest BCUT2D eigenvalue weighted by atomic mass is 32.2. The monoisotopic (exact) mass is 475 g/mol. The molecule has 33 heavy (non-hydrogen) atoms. The van der Waals surface area contributed by atoms with Crippen molar-refractivity contribution in [1.29, 1.82) is 5.41 Å². The van der Waals surface area contributed by atoms with Crippen LogP contribution in [0.5, 0.6) is 5.75 Å². The molecular weight excluding hydrogens is 446 g/mol. The van der Waals surface area contributed by atoms with Gasteiger partial charge in [0.25, 0.3) is 0 Å². The Balaban J connectivity index is 2.00. The first-order valence-corrected chi connectivity index (χ1v) is 11.9. The van der Waals surface area contributed by atoms with Crippen molar-refractivity contribution in [2.24, 2.45) is 5.73 Å². The summed E-state index contributed by atoms with van der Waals surface area (Å²) in [5.74, 6) is -1.93. The van der Waals surface area contributed by atoms with Gasteiger partial charge in [-0.15, -0.1) is 0 Å². The lowest BCUT2D eigenvalue weighted by Gasteiger charge is -2.20. The number of nitrogens with one attached hydrogen (secondary N) is 3. The Morgan fingerprint density at radius 3 is 2.39 bits per heavy atom. The number of rotatable bonds is 11. The number of nitrogens with two attached hydrogens (primary N) is 1. The van der Waals surface area contributed by atoms with Crippen LogP contribution in [0.1, 0.15) is 23.6 Å². The number of amidine groups is 1. The van der Waals surface area contributed by atoms with Gasteiger partial charge in [-0.05, 0) is 43.7 Å². The van der Waals surface area contributed by atoms with Crippen LogP contribution in [-0.2, 0) is 32.6 Å². The number of aromatic hydroxyl groups is 1. The van der Waals surface area contributed by atoms with E-state index < -0.39 is 27.9 Å². The Labute approximate surface area is 193 Å². The summed E-state index contributed by atoms with van der Waals surface area (Å²) < 4.78 is 26.4. The minimum Gasteiger partial charge on any atom is -0.507 e. The van der Waals surface area contributed by atoms with Crippen molar-refractivity contribution in [3.63, 3.8) is 0 Å². The van der Waals surface area contributed by atoms with Crippen LogP contribution in [0.4, 0.5) is 0 Å². The lowest BCUT2D eigenvalue weighted by Crippen LogP contribution is -2.51. The second-order valence-electron chi connectivity index (χ2n) is 7.61. The van der Waals surface area contributed by atoms with Gasteiger partial charge >= 0.3 is 0 Å². The van der Waals surface area contributed by atoms with Crippen LogP contribution in [0.15, 0.2) is 48.5 Å². The zero-order chi connectivity index (χ0) is 24.6. The first kappa shape index (κ1) is 26.0. The van der Waals surface area contributed by atoms with E-state index in [1.54, 1.807) is 42.3 Å². The van der Waals surface area contributed by atoms with E-state index >= 15 is 0 Å². The average molecular weight is 476 g/mol. The summed E-state index contributed by atoms with van der Waals surface area (Å²) in [5.41, 5.74) is 7.02. The third-order valence-corrected chi connectivity index (χ3v) is 6.19. The van der Waals surface area contributed by atoms with Gasteiger partial charge in [0, 0.05) is 6.54 Å². The van der Waals surface area contributed by atoms with Gasteiger partial charge in [-0.25, -0.2) is 13.1 Å². The number of sulfonamides is 1. The highest BCUT2D eigenvalue weighted by molar-refractivity contribution is 7.89. The molecule has 0 saturated carbocycles. The number of imide groups is 1. The molecule has 178 valence electrons. The van der Waals surface area contributed by atoms with Gasteiger partial charge in [0.2, 0.25) is 21.8 Å². The average Bonchev–Trinajstić information content (AvgIpc) is 2.73. The fourth-order valence-electron chi connectivity index (χ4n) is 3.12. The van der Waals surface area contributed by atoms with E-state index in [2.05, 4.69) is 10.0 Å². The van der Waals surface area contributed by atoms with Crippen molar-refractivity contribution in [2.75, 3.05) is 19.3 Å². The number of benzene rings is 2. The van der Waals surface area contributed by atoms with Crippen LogP contribution < -0.4 is 15.8 Å². The van der Waals surface area contributed by atoms with E-state index in [-0.39, 0.29) is 42.4 Å². The smallest absolute Gasteiger partial charge is 0.245 e. The van der Waals surface area contributed by atoms with Gasteiger partial charge in [-0.3, -0.25) is 25.2 Å². The standard InChI is InChI=1S/C22H29N5O5S/c1-3-33(31,32)26-18(11-15-7-5-4-6-8-15)22(30)25-20(29)14-27(2)13-16-9-10-17(21(23)24)19(28)12-16/h4-10,12,18,26,28H,3,11,13-14H2,1-2H3,(H3,23,24)(H,25,29,30)/t18-/m1/s1. The van der Waals surface area contributed by atoms with Crippen molar-refractivity contribution >= 4 is 27.7 Å². The Hall–Kier alpha value is -3.28. The number of likely N-dealkylation sites (N-methyl/N-ethyl adjacent to an activating group) is 1. The third kappa shape index (κ3) is 8.29. The molecule has 2 amide bonds. The first-order chi connectivity index (χ1) is 15.5. The molecule has 10 nitrogen and oxygen atoms in total. The van der Waals surface area contributed by atoms with E-state index in [0.29, 0.717) is 5.56 Å². The predicted molar refractivity (Wildman–Crippen MR) is 125 cm³/mol. The normalized spacial score (nSPS) is 12.3. The molecule has 0 heterocycles. The molecule has 0 aromatic heterocycles. The van der Waals surface area contributed by atoms with Crippen molar-refractivity contribution < 1.29 is 23.1 Å². The van der Waals surface area contributed by atoms with Crippen molar-refractivity contribution in [2.45, 2.75) is 25.9 Å². The SMILES string of the molecule is CCS(=O)(=O)N[C@H](Cc1ccccc1)C(=O)NC(=O)CN(C)Cc1ccc(C(=N)N)c(O)c1. The predicted octanol–water partition coefficient (Wildman–Crippen LogP) is 0.301. The molecule has 0 unspecified atom stereocenters. The number of hydrogen-bond acceptors (Lipinski definition) is 7. The summed E-state index contributed by atoms with van der Waals surface area (Å²) >= 11 is 0. The van der Waals surface area contributed by atoms with Gasteiger partial charge < -0.3 is 10.8 Å². The maximum absolute atomic E-state index is 12.7. The van der Waals surface area contributed by atoms with E-state index in [4.69, 9.17) is 11.1 Å². The van der Waals surface area contributed by atoms with Crippen molar-refractivity contribution in [3.8, 4) is 5.75 Å². The van der Waals surface area contributed by atoms with Gasteiger partial charge in [0.05, 0.1) is 17.9 Å². The summed E-state index contributed by atoms with van der Waals surface area (Å²) in [7, 11) is -2.02. The Bertz CT molecular complexity index is 1110. The summed E-state index contributed by atoms with van der Waals surface area (Å²) in [6, 6.07) is 12.4. The first-order valence-electron chi connectivity index (χ1n) is 10.2. The Morgan fingerprint density at radius 1 is 1.15 bits per heavy atom. The van der Waals surface area contributed by atoms with E-state index in [1.807, 2.05) is 6.07 Å². The molecule has 0 fully saturated rings. The fraction of sp³-hybridized carbons (Fsp3) is 0.318. The number of hydrogen-bond donors (Lipinski definition) is 5. The molecule has 2 aromatic rings. The van der Waals surface area contributed by atoms with Crippen LogP contribution >= 0.6 is 0 Å². The summed E-state index contributed by atoms with van der Waals surface area (Å²) in [5, 5.41) is 19.6. The molecule has 1 atom stereocenters. The van der Waals surface area contributed by atoms with Crippen LogP contribution in [0.25, 0.3) is 0 Å². The minimum absolute atomic E-state index is 0.0940. The van der Waals surface area contributed by atoms with E-state index in [0.717, 1.165) is 5.56 Å². The zero-order valence-corrected chi connectivity index (χ0v) is 19.4. The molecular formula is C22H29N5O5S. The summed E-state index contributed by atoms with van der Waals surface area (Å²) in [6.45, 7) is 1.60. The summed E-state index contributed by atoms with van der Waals surface area (Å²) in [6.07, 6.45) is 0.0940. The highest BCUT2D eigenvalue weighted by Gasteiger charge is 2.25. The van der Waals surface area contributed by atoms with Gasteiger partial charge in [0.15, 0.2) is 0 Å². The fourth-order valence-corrected chi connectivity index (χ4v) is 3.91. The number of carbonyl (C=O) groups excluding carboxylic acids is 2. The second-order valence-corrected chi connectivity index (χ2v) is 9.66. The number of carbonyl (C=O) groups is 2. The number of nitrogens with zero attached hydrogens (tertiary/aromatic N) is 1. The number of nitrogen functional groups attached to an aromatic ring is 1. The largest absolute Gasteiger partial charge is 0.507 e. The minimum atomic E-state index is -3.68. The van der Waals surface area contributed by atoms with Crippen LogP contribution in [0.3, 0.4) is 0 Å². The number of amides is 2. The van der Waals surface area contributed by atoms with Gasteiger partial charge in [-0.2, -0.15) is 0 Å². The van der Waals surface area contributed by atoms with Crippen LogP contribution in [-0.4, -0.2) is 61.5 Å². The molecule has 2 rings (SSSR count). The lowest BCUT2D eigenvalue weighted by molar-refractivity contribution is -0.131. The molecule has 0 aliphatic carbocycles. The van der Waals surface area contributed by atoms with Crippen LogP contribution in [0.2, 0.25) is 0 Å². The number of phenols is 1. The lowest BCUT2D eigenvalue weighted by atomic mass is 10.1. The molecule has 0 saturated heterocycles. The summed E-state index contributed by atoms with van der Waals surface area (Å²) in [4.78, 5) is 26.7. The second kappa shape index (κ2) is 11.5. The number of phenolic OH excluding ortho intramolecular Hbond substituents is 1. The molecule has 6 N–H and O–H groups in total. The Morgan fingerprint density at radius 2 is 1.82 bits per heavy atom. The van der Waals surface area contributed by atoms with Crippen molar-refractivity contribution in [3.05, 3.63) is 65.2 Å². The third-order valence-electron chi connectivity index (χ3n) is 4.78. The Kier molecular flexibility index (Phi) is 9.09. The zero-order valence-electron chi connectivity index (χ0n) is 18.5.